The molecule has 20 heavy (non-hydrogen) atoms. The van der Waals surface area contributed by atoms with Crippen molar-refractivity contribution >= 4 is 5.91 Å². The van der Waals surface area contributed by atoms with E-state index >= 15 is 0 Å². The lowest BCUT2D eigenvalue weighted by Gasteiger charge is -2.24. The zero-order valence-corrected chi connectivity index (χ0v) is 12.8. The molecule has 1 amide bonds. The molecule has 1 aromatic carbocycles. The minimum absolute atomic E-state index is 0.0148. The molecule has 4 heteroatoms. The molecule has 2 unspecified atom stereocenters. The van der Waals surface area contributed by atoms with Crippen molar-refractivity contribution in [3.8, 4) is 0 Å². The lowest BCUT2D eigenvalue weighted by atomic mass is 10.0. The monoisotopic (exact) mass is 277 g/mol. The zero-order valence-electron chi connectivity index (χ0n) is 12.8. The standard InChI is InChI=1S/C16H27N3O/c1-4-19(5-2)12-13(3)18-16(20)11-15(17)14-9-7-6-8-10-14/h6-10,13,15H,4-5,11-12,17H2,1-3H3,(H,18,20). The van der Waals surface area contributed by atoms with Gasteiger partial charge in [0.25, 0.3) is 0 Å². The summed E-state index contributed by atoms with van der Waals surface area (Å²) in [5.74, 6) is 0.0148. The first-order chi connectivity index (χ1) is 9.56. The Morgan fingerprint density at radius 2 is 1.85 bits per heavy atom. The van der Waals surface area contributed by atoms with Crippen molar-refractivity contribution in [2.75, 3.05) is 19.6 Å². The second kappa shape index (κ2) is 8.72. The molecule has 1 rings (SSSR count). The normalized spacial score (nSPS) is 14.1. The molecule has 3 N–H and O–H groups in total. The smallest absolute Gasteiger partial charge is 0.222 e. The first-order valence-electron chi connectivity index (χ1n) is 7.39. The SMILES string of the molecule is CCN(CC)CC(C)NC(=O)CC(N)c1ccccc1. The quantitative estimate of drug-likeness (QED) is 0.763. The lowest BCUT2D eigenvalue weighted by molar-refractivity contribution is -0.122. The first kappa shape index (κ1) is 16.7. The van der Waals surface area contributed by atoms with Crippen LogP contribution in [0.25, 0.3) is 0 Å². The molecule has 4 nitrogen and oxygen atoms in total. The molecule has 0 saturated carbocycles. The van der Waals surface area contributed by atoms with Gasteiger partial charge in [0.2, 0.25) is 5.91 Å². The fraction of sp³-hybridized carbons (Fsp3) is 0.562. The number of rotatable bonds is 8. The van der Waals surface area contributed by atoms with E-state index in [9.17, 15) is 4.79 Å². The lowest BCUT2D eigenvalue weighted by Crippen LogP contribution is -2.42. The summed E-state index contributed by atoms with van der Waals surface area (Å²) in [5, 5.41) is 3.02. The van der Waals surface area contributed by atoms with Crippen LogP contribution >= 0.6 is 0 Å². The molecule has 0 saturated heterocycles. The number of amides is 1. The van der Waals surface area contributed by atoms with E-state index in [1.54, 1.807) is 0 Å². The van der Waals surface area contributed by atoms with Gasteiger partial charge in [-0.3, -0.25) is 4.79 Å². The second-order valence-corrected chi connectivity index (χ2v) is 5.18. The fourth-order valence-electron chi connectivity index (χ4n) is 2.27. The number of benzene rings is 1. The third-order valence-corrected chi connectivity index (χ3v) is 3.47. The highest BCUT2D eigenvalue weighted by Crippen LogP contribution is 2.12. The van der Waals surface area contributed by atoms with Crippen LogP contribution in [0.3, 0.4) is 0 Å². The van der Waals surface area contributed by atoms with Crippen LogP contribution in [0.15, 0.2) is 30.3 Å². The van der Waals surface area contributed by atoms with Crippen molar-refractivity contribution in [2.45, 2.75) is 39.3 Å². The largest absolute Gasteiger partial charge is 0.352 e. The highest BCUT2D eigenvalue weighted by molar-refractivity contribution is 5.77. The fourth-order valence-corrected chi connectivity index (χ4v) is 2.27. The highest BCUT2D eigenvalue weighted by Gasteiger charge is 2.14. The van der Waals surface area contributed by atoms with E-state index in [0.29, 0.717) is 6.42 Å². The molecule has 2 atom stereocenters. The number of carbonyl (C=O) groups is 1. The Hall–Kier alpha value is -1.39. The van der Waals surface area contributed by atoms with Crippen molar-refractivity contribution in [1.29, 1.82) is 0 Å². The molecule has 0 radical (unpaired) electrons. The zero-order chi connectivity index (χ0) is 15.0. The van der Waals surface area contributed by atoms with Gasteiger partial charge in [0.15, 0.2) is 0 Å². The van der Waals surface area contributed by atoms with Crippen LogP contribution < -0.4 is 11.1 Å². The number of hydrogen-bond acceptors (Lipinski definition) is 3. The number of nitrogens with zero attached hydrogens (tertiary/aromatic N) is 1. The summed E-state index contributed by atoms with van der Waals surface area (Å²) in [6.07, 6.45) is 0.326. The van der Waals surface area contributed by atoms with Gasteiger partial charge in [0.1, 0.15) is 0 Å². The average Bonchev–Trinajstić information content (AvgIpc) is 2.45. The summed E-state index contributed by atoms with van der Waals surface area (Å²) in [6, 6.07) is 9.64. The van der Waals surface area contributed by atoms with Crippen LogP contribution in [0.5, 0.6) is 0 Å². The molecular weight excluding hydrogens is 250 g/mol. The van der Waals surface area contributed by atoms with Crippen molar-refractivity contribution in [1.82, 2.24) is 10.2 Å². The predicted octanol–water partition coefficient (Wildman–Crippen LogP) is 1.92. The Bertz CT molecular complexity index is 390. The molecule has 0 heterocycles. The van der Waals surface area contributed by atoms with Crippen LogP contribution in [0.2, 0.25) is 0 Å². The Morgan fingerprint density at radius 1 is 1.25 bits per heavy atom. The average molecular weight is 277 g/mol. The van der Waals surface area contributed by atoms with Gasteiger partial charge in [0, 0.05) is 25.0 Å². The minimum atomic E-state index is -0.239. The van der Waals surface area contributed by atoms with E-state index in [-0.39, 0.29) is 18.0 Å². The Morgan fingerprint density at radius 3 is 2.40 bits per heavy atom. The van der Waals surface area contributed by atoms with Crippen molar-refractivity contribution in [3.63, 3.8) is 0 Å². The van der Waals surface area contributed by atoms with Crippen molar-refractivity contribution in [2.24, 2.45) is 5.73 Å². The van der Waals surface area contributed by atoms with Gasteiger partial charge in [-0.2, -0.15) is 0 Å². The molecule has 0 aliphatic heterocycles. The van der Waals surface area contributed by atoms with Crippen LogP contribution in [0, 0.1) is 0 Å². The summed E-state index contributed by atoms with van der Waals surface area (Å²) in [4.78, 5) is 14.3. The maximum atomic E-state index is 12.0. The maximum Gasteiger partial charge on any atom is 0.222 e. The van der Waals surface area contributed by atoms with Gasteiger partial charge in [0.05, 0.1) is 0 Å². The molecule has 0 bridgehead atoms. The van der Waals surface area contributed by atoms with Gasteiger partial charge in [-0.1, -0.05) is 44.2 Å². The van der Waals surface area contributed by atoms with Crippen molar-refractivity contribution in [3.05, 3.63) is 35.9 Å². The molecule has 112 valence electrons. The molecule has 0 spiro atoms. The summed E-state index contributed by atoms with van der Waals surface area (Å²) >= 11 is 0. The predicted molar refractivity (Wildman–Crippen MR) is 83.4 cm³/mol. The first-order valence-corrected chi connectivity index (χ1v) is 7.39. The van der Waals surface area contributed by atoms with Crippen LogP contribution in [0.1, 0.15) is 38.8 Å². The third-order valence-electron chi connectivity index (χ3n) is 3.47. The minimum Gasteiger partial charge on any atom is -0.352 e. The third kappa shape index (κ3) is 5.72. The number of nitrogens with one attached hydrogen (secondary N) is 1. The summed E-state index contributed by atoms with van der Waals surface area (Å²) in [6.45, 7) is 9.16. The topological polar surface area (TPSA) is 58.4 Å². The van der Waals surface area contributed by atoms with Gasteiger partial charge >= 0.3 is 0 Å². The molecule has 0 aliphatic rings. The van der Waals surface area contributed by atoms with E-state index in [1.165, 1.54) is 0 Å². The van der Waals surface area contributed by atoms with Crippen LogP contribution in [-0.4, -0.2) is 36.5 Å². The highest BCUT2D eigenvalue weighted by atomic mass is 16.1. The van der Waals surface area contributed by atoms with E-state index < -0.39 is 0 Å². The van der Waals surface area contributed by atoms with E-state index in [2.05, 4.69) is 24.1 Å². The van der Waals surface area contributed by atoms with Gasteiger partial charge < -0.3 is 16.0 Å². The molecule has 0 aromatic heterocycles. The molecule has 1 aromatic rings. The van der Waals surface area contributed by atoms with Gasteiger partial charge in [-0.05, 0) is 25.6 Å². The Balaban J connectivity index is 2.39. The van der Waals surface area contributed by atoms with Crippen LogP contribution in [-0.2, 0) is 4.79 Å². The summed E-state index contributed by atoms with van der Waals surface area (Å²) in [5.41, 5.74) is 7.05. The number of likely N-dealkylation sites (N-methyl/N-ethyl adjacent to an activating group) is 1. The number of hydrogen-bond donors (Lipinski definition) is 2. The molecular formula is C16H27N3O. The van der Waals surface area contributed by atoms with Gasteiger partial charge in [-0.15, -0.1) is 0 Å². The van der Waals surface area contributed by atoms with E-state index in [0.717, 1.165) is 25.2 Å². The van der Waals surface area contributed by atoms with Crippen LogP contribution in [0.4, 0.5) is 0 Å². The maximum absolute atomic E-state index is 12.0. The van der Waals surface area contributed by atoms with E-state index in [1.807, 2.05) is 37.3 Å². The van der Waals surface area contributed by atoms with Gasteiger partial charge in [-0.25, -0.2) is 0 Å². The Kier molecular flexibility index (Phi) is 7.26. The summed E-state index contributed by atoms with van der Waals surface area (Å²) < 4.78 is 0. The number of nitrogens with two attached hydrogens (primary N) is 1. The molecule has 0 fully saturated rings. The molecule has 0 aliphatic carbocycles. The van der Waals surface area contributed by atoms with E-state index in [4.69, 9.17) is 5.73 Å². The summed E-state index contributed by atoms with van der Waals surface area (Å²) in [7, 11) is 0. The Labute approximate surface area is 122 Å². The number of carbonyl (C=O) groups excluding carboxylic acids is 1. The second-order valence-electron chi connectivity index (χ2n) is 5.18. The van der Waals surface area contributed by atoms with Crippen molar-refractivity contribution < 1.29 is 4.79 Å².